The zero-order chi connectivity index (χ0) is 16.6. The highest BCUT2D eigenvalue weighted by Gasteiger charge is 2.21. The molecule has 0 saturated heterocycles. The Hall–Kier alpha value is -1.95. The Morgan fingerprint density at radius 3 is 2.91 bits per heavy atom. The van der Waals surface area contributed by atoms with E-state index in [9.17, 15) is 9.59 Å². The average Bonchev–Trinajstić information content (AvgIpc) is 2.52. The van der Waals surface area contributed by atoms with E-state index in [-0.39, 0.29) is 17.5 Å². The summed E-state index contributed by atoms with van der Waals surface area (Å²) in [6.45, 7) is 2.23. The van der Waals surface area contributed by atoms with E-state index in [2.05, 4.69) is 17.2 Å². The van der Waals surface area contributed by atoms with Crippen LogP contribution < -0.4 is 10.9 Å². The van der Waals surface area contributed by atoms with Crippen LogP contribution in [0, 0.1) is 10.7 Å². The van der Waals surface area contributed by atoms with Crippen LogP contribution in [0.1, 0.15) is 43.0 Å². The molecule has 2 N–H and O–H groups in total. The molecule has 0 aliphatic heterocycles. The zero-order valence-corrected chi connectivity index (χ0v) is 14.2. The van der Waals surface area contributed by atoms with Crippen LogP contribution in [0.15, 0.2) is 23.0 Å². The van der Waals surface area contributed by atoms with Crippen LogP contribution >= 0.6 is 12.2 Å². The minimum Gasteiger partial charge on any atom is -0.349 e. The third-order valence-electron chi connectivity index (χ3n) is 4.63. The first-order valence-electron chi connectivity index (χ1n) is 7.99. The van der Waals surface area contributed by atoms with Gasteiger partial charge in [0.25, 0.3) is 11.5 Å². The number of carbonyl (C=O) groups is 1. The molecule has 6 heteroatoms. The summed E-state index contributed by atoms with van der Waals surface area (Å²) in [7, 11) is 1.63. The summed E-state index contributed by atoms with van der Waals surface area (Å²) in [4.78, 5) is 27.6. The molecule has 0 radical (unpaired) electrons. The first-order valence-corrected chi connectivity index (χ1v) is 8.40. The van der Waals surface area contributed by atoms with Crippen molar-refractivity contribution in [3.63, 3.8) is 0 Å². The van der Waals surface area contributed by atoms with Crippen LogP contribution in [-0.2, 0) is 7.05 Å². The summed E-state index contributed by atoms with van der Waals surface area (Å²) in [6.07, 6.45) is 4.46. The number of hydrogen-bond donors (Lipinski definition) is 2. The third-order valence-corrected chi connectivity index (χ3v) is 5.01. The van der Waals surface area contributed by atoms with Crippen LogP contribution in [0.5, 0.6) is 0 Å². The number of aromatic amines is 1. The highest BCUT2D eigenvalue weighted by atomic mass is 32.1. The topological polar surface area (TPSA) is 66.9 Å². The molecular formula is C17H21N3O2S. The van der Waals surface area contributed by atoms with Crippen LogP contribution in [0.3, 0.4) is 0 Å². The zero-order valence-electron chi connectivity index (χ0n) is 13.4. The minimum absolute atomic E-state index is 0.0917. The number of H-pyrrole nitrogens is 1. The first kappa shape index (κ1) is 15.9. The number of amides is 1. The van der Waals surface area contributed by atoms with Crippen molar-refractivity contribution >= 4 is 29.0 Å². The first-order chi connectivity index (χ1) is 11.0. The monoisotopic (exact) mass is 331 g/mol. The van der Waals surface area contributed by atoms with Gasteiger partial charge in [-0.2, -0.15) is 0 Å². The van der Waals surface area contributed by atoms with Crippen LogP contribution in [0.4, 0.5) is 0 Å². The summed E-state index contributed by atoms with van der Waals surface area (Å²) in [5, 5.41) is 3.64. The van der Waals surface area contributed by atoms with E-state index in [0.717, 1.165) is 19.3 Å². The number of aromatic nitrogens is 2. The Morgan fingerprint density at radius 2 is 2.17 bits per heavy atom. The molecule has 0 spiro atoms. The van der Waals surface area contributed by atoms with Crippen molar-refractivity contribution in [1.29, 1.82) is 0 Å². The number of benzene rings is 1. The maximum absolute atomic E-state index is 12.5. The van der Waals surface area contributed by atoms with Gasteiger partial charge in [-0.25, -0.2) is 0 Å². The number of fused-ring (bicyclic) bond motifs is 1. The Kier molecular flexibility index (Phi) is 4.35. The lowest BCUT2D eigenvalue weighted by Crippen LogP contribution is -2.38. The minimum atomic E-state index is -0.156. The summed E-state index contributed by atoms with van der Waals surface area (Å²) < 4.78 is 1.74. The van der Waals surface area contributed by atoms with Gasteiger partial charge in [-0.3, -0.25) is 14.2 Å². The van der Waals surface area contributed by atoms with E-state index < -0.39 is 0 Å². The van der Waals surface area contributed by atoms with Crippen molar-refractivity contribution < 1.29 is 4.79 Å². The smallest absolute Gasteiger partial charge is 0.261 e. The lowest BCUT2D eigenvalue weighted by Gasteiger charge is -2.27. The second-order valence-electron chi connectivity index (χ2n) is 6.50. The predicted molar refractivity (Wildman–Crippen MR) is 93.3 cm³/mol. The van der Waals surface area contributed by atoms with Crippen molar-refractivity contribution in [2.45, 2.75) is 38.6 Å². The molecule has 5 nitrogen and oxygen atoms in total. The lowest BCUT2D eigenvalue weighted by molar-refractivity contribution is 0.0921. The Balaban J connectivity index is 1.88. The molecule has 1 amide bonds. The van der Waals surface area contributed by atoms with E-state index in [1.54, 1.807) is 25.2 Å². The maximum atomic E-state index is 12.5. The fraction of sp³-hybridized carbons (Fsp3) is 0.471. The van der Waals surface area contributed by atoms with E-state index >= 15 is 0 Å². The highest BCUT2D eigenvalue weighted by molar-refractivity contribution is 7.71. The van der Waals surface area contributed by atoms with Gasteiger partial charge in [0.15, 0.2) is 4.77 Å². The Morgan fingerprint density at radius 1 is 1.39 bits per heavy atom. The molecule has 1 saturated carbocycles. The summed E-state index contributed by atoms with van der Waals surface area (Å²) in [6, 6.07) is 5.32. The largest absolute Gasteiger partial charge is 0.349 e. The lowest BCUT2D eigenvalue weighted by atomic mass is 9.87. The fourth-order valence-electron chi connectivity index (χ4n) is 3.28. The van der Waals surface area contributed by atoms with Crippen molar-refractivity contribution in [2.24, 2.45) is 13.0 Å². The molecule has 2 aromatic rings. The van der Waals surface area contributed by atoms with Crippen molar-refractivity contribution in [3.05, 3.63) is 38.9 Å². The van der Waals surface area contributed by atoms with Crippen LogP contribution in [0.2, 0.25) is 0 Å². The molecule has 1 fully saturated rings. The fourth-order valence-corrected chi connectivity index (χ4v) is 3.47. The van der Waals surface area contributed by atoms with Crippen molar-refractivity contribution in [2.75, 3.05) is 0 Å². The number of hydrogen-bond acceptors (Lipinski definition) is 3. The van der Waals surface area contributed by atoms with Gasteiger partial charge in [0.1, 0.15) is 0 Å². The van der Waals surface area contributed by atoms with Crippen molar-refractivity contribution in [1.82, 2.24) is 14.9 Å². The van der Waals surface area contributed by atoms with Gasteiger partial charge in [-0.15, -0.1) is 0 Å². The van der Waals surface area contributed by atoms with E-state index in [1.165, 1.54) is 11.0 Å². The molecule has 0 unspecified atom stereocenters. The third kappa shape index (κ3) is 3.22. The summed E-state index contributed by atoms with van der Waals surface area (Å²) >= 11 is 5.13. The molecule has 1 aliphatic rings. The highest BCUT2D eigenvalue weighted by Crippen LogP contribution is 2.23. The molecule has 23 heavy (non-hydrogen) atoms. The van der Waals surface area contributed by atoms with E-state index in [1.807, 2.05) is 0 Å². The quantitative estimate of drug-likeness (QED) is 0.832. The molecular weight excluding hydrogens is 310 g/mol. The molecule has 0 bridgehead atoms. The number of rotatable bonds is 2. The van der Waals surface area contributed by atoms with Gasteiger partial charge in [0, 0.05) is 18.7 Å². The van der Waals surface area contributed by atoms with Gasteiger partial charge in [0.2, 0.25) is 0 Å². The molecule has 1 aromatic heterocycles. The molecule has 1 aromatic carbocycles. The standard InChI is InChI=1S/C17H21N3O2S/c1-10-4-3-5-12(8-10)18-15(21)11-6-7-13-14(9-11)19-17(23)20(2)16(13)22/h6-7,9-10,12H,3-5,8H2,1-2H3,(H,18,21)(H,19,23)/t10-,12-/m0/s1. The number of nitrogens with one attached hydrogen (secondary N) is 2. The normalized spacial score (nSPS) is 21.3. The molecule has 3 rings (SSSR count). The van der Waals surface area contributed by atoms with Gasteiger partial charge < -0.3 is 10.3 Å². The Bertz CT molecular complexity index is 868. The SMILES string of the molecule is C[C@H]1CCC[C@H](NC(=O)c2ccc3c(=O)n(C)c(=S)[nH]c3c2)C1. The number of carbonyl (C=O) groups excluding carboxylic acids is 1. The van der Waals surface area contributed by atoms with Crippen LogP contribution in [0.25, 0.3) is 10.9 Å². The van der Waals surface area contributed by atoms with E-state index in [0.29, 0.717) is 27.2 Å². The molecule has 122 valence electrons. The second-order valence-corrected chi connectivity index (χ2v) is 6.88. The predicted octanol–water partition coefficient (Wildman–Crippen LogP) is 2.90. The molecule has 1 heterocycles. The average molecular weight is 331 g/mol. The summed E-state index contributed by atoms with van der Waals surface area (Å²) in [5.74, 6) is 0.566. The van der Waals surface area contributed by atoms with Gasteiger partial charge in [-0.05, 0) is 49.2 Å². The van der Waals surface area contributed by atoms with Gasteiger partial charge >= 0.3 is 0 Å². The molecule has 1 aliphatic carbocycles. The summed E-state index contributed by atoms with van der Waals surface area (Å²) in [5.41, 5.74) is 0.995. The molecule has 2 atom stereocenters. The Labute approximate surface area is 139 Å². The second kappa shape index (κ2) is 6.28. The van der Waals surface area contributed by atoms with Crippen molar-refractivity contribution in [3.8, 4) is 0 Å². The van der Waals surface area contributed by atoms with Gasteiger partial charge in [0.05, 0.1) is 10.9 Å². The maximum Gasteiger partial charge on any atom is 0.261 e. The number of nitrogens with zero attached hydrogens (tertiary/aromatic N) is 1. The van der Waals surface area contributed by atoms with E-state index in [4.69, 9.17) is 12.2 Å². The van der Waals surface area contributed by atoms with Gasteiger partial charge in [-0.1, -0.05) is 19.8 Å². The van der Waals surface area contributed by atoms with Crippen LogP contribution in [-0.4, -0.2) is 21.5 Å².